The highest BCUT2D eigenvalue weighted by molar-refractivity contribution is 5.34. The summed E-state index contributed by atoms with van der Waals surface area (Å²) < 4.78 is 103. The SMILES string of the molecule is COCCN[C@@H]1CC[C@H](OCCc2cc(C(F)(F)F)cc(C(F)(F)F)c2)[C@H]1c1ccc(F)cc1. The number of rotatable bonds is 9. The van der Waals surface area contributed by atoms with Crippen LogP contribution in [0.3, 0.4) is 0 Å². The number of alkyl halides is 6. The van der Waals surface area contributed by atoms with E-state index in [-0.39, 0.29) is 48.5 Å². The van der Waals surface area contributed by atoms with Gasteiger partial charge in [-0.3, -0.25) is 0 Å². The van der Waals surface area contributed by atoms with Gasteiger partial charge in [0.25, 0.3) is 0 Å². The molecule has 1 saturated carbocycles. The van der Waals surface area contributed by atoms with Crippen molar-refractivity contribution < 1.29 is 40.2 Å². The first kappa shape index (κ1) is 26.4. The molecule has 1 fully saturated rings. The average Bonchev–Trinajstić information content (AvgIpc) is 3.16. The Hall–Kier alpha value is -2.17. The van der Waals surface area contributed by atoms with Crippen molar-refractivity contribution in [1.82, 2.24) is 5.32 Å². The van der Waals surface area contributed by atoms with E-state index in [1.165, 1.54) is 12.1 Å². The van der Waals surface area contributed by atoms with Gasteiger partial charge in [-0.1, -0.05) is 12.1 Å². The van der Waals surface area contributed by atoms with Crippen LogP contribution < -0.4 is 5.32 Å². The lowest BCUT2D eigenvalue weighted by Gasteiger charge is -2.26. The highest BCUT2D eigenvalue weighted by Crippen LogP contribution is 2.38. The fraction of sp³-hybridized carbons (Fsp3) is 0.500. The summed E-state index contributed by atoms with van der Waals surface area (Å²) in [4.78, 5) is 0. The normalized spacial score (nSPS) is 21.2. The van der Waals surface area contributed by atoms with Crippen LogP contribution >= 0.6 is 0 Å². The van der Waals surface area contributed by atoms with Gasteiger partial charge in [0.05, 0.1) is 30.4 Å². The van der Waals surface area contributed by atoms with Gasteiger partial charge in [0.2, 0.25) is 0 Å². The molecule has 1 N–H and O–H groups in total. The third-order valence-corrected chi connectivity index (χ3v) is 5.93. The smallest absolute Gasteiger partial charge is 0.383 e. The van der Waals surface area contributed by atoms with Crippen molar-refractivity contribution in [2.75, 3.05) is 26.9 Å². The summed E-state index contributed by atoms with van der Waals surface area (Å²) in [5.74, 6) is -0.530. The summed E-state index contributed by atoms with van der Waals surface area (Å²) in [5, 5.41) is 3.38. The highest BCUT2D eigenvalue weighted by Gasteiger charge is 2.38. The summed E-state index contributed by atoms with van der Waals surface area (Å²) in [7, 11) is 1.58. The molecule has 0 aromatic heterocycles. The van der Waals surface area contributed by atoms with Crippen LogP contribution in [0.5, 0.6) is 0 Å². The number of nitrogens with one attached hydrogen (secondary N) is 1. The molecule has 3 rings (SSSR count). The molecule has 1 aliphatic carbocycles. The largest absolute Gasteiger partial charge is 0.416 e. The van der Waals surface area contributed by atoms with Crippen LogP contribution in [0.15, 0.2) is 42.5 Å². The van der Waals surface area contributed by atoms with E-state index in [1.54, 1.807) is 19.2 Å². The topological polar surface area (TPSA) is 30.5 Å². The minimum atomic E-state index is -4.89. The van der Waals surface area contributed by atoms with Crippen LogP contribution in [0.1, 0.15) is 41.0 Å². The Morgan fingerprint density at radius 2 is 1.50 bits per heavy atom. The summed E-state index contributed by atoms with van der Waals surface area (Å²) in [5.41, 5.74) is -1.94. The molecular formula is C24H26F7NO2. The highest BCUT2D eigenvalue weighted by atomic mass is 19.4. The van der Waals surface area contributed by atoms with Crippen molar-refractivity contribution in [3.05, 3.63) is 70.5 Å². The number of halogens is 7. The van der Waals surface area contributed by atoms with Crippen molar-refractivity contribution in [2.24, 2.45) is 0 Å². The fourth-order valence-corrected chi connectivity index (χ4v) is 4.35. The summed E-state index contributed by atoms with van der Waals surface area (Å²) in [6.45, 7) is 1.04. The van der Waals surface area contributed by atoms with Crippen molar-refractivity contribution >= 4 is 0 Å². The summed E-state index contributed by atoms with van der Waals surface area (Å²) in [6, 6.07) is 7.58. The maximum Gasteiger partial charge on any atom is 0.416 e. The number of methoxy groups -OCH3 is 1. The molecule has 0 spiro atoms. The minimum Gasteiger partial charge on any atom is -0.383 e. The molecular weight excluding hydrogens is 467 g/mol. The lowest BCUT2D eigenvalue weighted by atomic mass is 9.92. The minimum absolute atomic E-state index is 0.0102. The van der Waals surface area contributed by atoms with Crippen molar-refractivity contribution in [2.45, 2.75) is 49.7 Å². The van der Waals surface area contributed by atoms with Crippen molar-refractivity contribution in [1.29, 1.82) is 0 Å². The second kappa shape index (κ2) is 11.0. The molecule has 0 saturated heterocycles. The Morgan fingerprint density at radius 1 is 0.882 bits per heavy atom. The zero-order valence-electron chi connectivity index (χ0n) is 18.5. The Kier molecular flexibility index (Phi) is 8.59. The van der Waals surface area contributed by atoms with Gasteiger partial charge in [-0.05, 0) is 60.7 Å². The number of hydrogen-bond acceptors (Lipinski definition) is 3. The van der Waals surface area contributed by atoms with E-state index in [2.05, 4.69) is 5.32 Å². The van der Waals surface area contributed by atoms with E-state index in [4.69, 9.17) is 9.47 Å². The van der Waals surface area contributed by atoms with E-state index in [9.17, 15) is 30.7 Å². The summed E-state index contributed by atoms with van der Waals surface area (Å²) >= 11 is 0. The van der Waals surface area contributed by atoms with Crippen LogP contribution in [0.25, 0.3) is 0 Å². The Balaban J connectivity index is 1.72. The van der Waals surface area contributed by atoms with E-state index in [0.29, 0.717) is 19.6 Å². The number of hydrogen-bond donors (Lipinski definition) is 1. The second-order valence-corrected chi connectivity index (χ2v) is 8.28. The molecule has 2 aromatic carbocycles. The predicted molar refractivity (Wildman–Crippen MR) is 112 cm³/mol. The van der Waals surface area contributed by atoms with Gasteiger partial charge in [0.15, 0.2) is 0 Å². The Bertz CT molecular complexity index is 896. The molecule has 34 heavy (non-hydrogen) atoms. The monoisotopic (exact) mass is 493 g/mol. The van der Waals surface area contributed by atoms with Gasteiger partial charge in [-0.15, -0.1) is 0 Å². The van der Waals surface area contributed by atoms with Crippen molar-refractivity contribution in [3.63, 3.8) is 0 Å². The Morgan fingerprint density at radius 3 is 2.06 bits per heavy atom. The lowest BCUT2D eigenvalue weighted by molar-refractivity contribution is -0.143. The van der Waals surface area contributed by atoms with Crippen LogP contribution in [-0.4, -0.2) is 39.0 Å². The molecule has 1 aliphatic rings. The molecule has 0 unspecified atom stereocenters. The first-order valence-electron chi connectivity index (χ1n) is 10.9. The molecule has 0 bridgehead atoms. The van der Waals surface area contributed by atoms with E-state index >= 15 is 0 Å². The van der Waals surface area contributed by atoms with Gasteiger partial charge in [0, 0.05) is 25.6 Å². The zero-order chi connectivity index (χ0) is 24.9. The molecule has 2 aromatic rings. The number of benzene rings is 2. The maximum atomic E-state index is 13.4. The summed E-state index contributed by atoms with van der Waals surface area (Å²) in [6.07, 6.45) is -8.82. The van der Waals surface area contributed by atoms with Gasteiger partial charge >= 0.3 is 12.4 Å². The van der Waals surface area contributed by atoms with Crippen molar-refractivity contribution in [3.8, 4) is 0 Å². The predicted octanol–water partition coefficient (Wildman–Crippen LogP) is 5.97. The maximum absolute atomic E-state index is 13.4. The van der Waals surface area contributed by atoms with Gasteiger partial charge < -0.3 is 14.8 Å². The molecule has 0 radical (unpaired) electrons. The standard InChI is InChI=1S/C24H26F7NO2/c1-33-11-9-32-20-6-7-21(22(20)16-2-4-19(25)5-3-16)34-10-8-15-12-17(23(26,27)28)14-18(13-15)24(29,30)31/h2-5,12-14,20-22,32H,6-11H2,1H3/t20-,21+,22+/m1/s1. The quantitative estimate of drug-likeness (QED) is 0.345. The van der Waals surface area contributed by atoms with Crippen LogP contribution in [0, 0.1) is 5.82 Å². The van der Waals surface area contributed by atoms with Crippen LogP contribution in [0.4, 0.5) is 30.7 Å². The molecule has 0 aliphatic heterocycles. The van der Waals surface area contributed by atoms with Gasteiger partial charge in [0.1, 0.15) is 5.82 Å². The molecule has 3 nitrogen and oxygen atoms in total. The van der Waals surface area contributed by atoms with E-state index in [1.807, 2.05) is 0 Å². The van der Waals surface area contributed by atoms with E-state index < -0.39 is 23.5 Å². The first-order chi connectivity index (χ1) is 16.0. The van der Waals surface area contributed by atoms with Gasteiger partial charge in [-0.25, -0.2) is 4.39 Å². The second-order valence-electron chi connectivity index (χ2n) is 8.28. The molecule has 10 heteroatoms. The zero-order valence-corrected chi connectivity index (χ0v) is 18.5. The first-order valence-corrected chi connectivity index (χ1v) is 10.9. The van der Waals surface area contributed by atoms with Gasteiger partial charge in [-0.2, -0.15) is 26.3 Å². The third kappa shape index (κ3) is 6.93. The van der Waals surface area contributed by atoms with Crippen LogP contribution in [-0.2, 0) is 28.2 Å². The van der Waals surface area contributed by atoms with Crippen LogP contribution in [0.2, 0.25) is 0 Å². The molecule has 0 heterocycles. The average molecular weight is 493 g/mol. The van der Waals surface area contributed by atoms with E-state index in [0.717, 1.165) is 24.1 Å². The lowest BCUT2D eigenvalue weighted by Crippen LogP contribution is -2.36. The number of ether oxygens (including phenoxy) is 2. The Labute approximate surface area is 193 Å². The molecule has 0 amide bonds. The fourth-order valence-electron chi connectivity index (χ4n) is 4.35. The molecule has 3 atom stereocenters. The molecule has 188 valence electrons. The third-order valence-electron chi connectivity index (χ3n) is 5.93.